The van der Waals surface area contributed by atoms with Crippen LogP contribution in [0.3, 0.4) is 0 Å². The highest BCUT2D eigenvalue weighted by molar-refractivity contribution is 9.10. The summed E-state index contributed by atoms with van der Waals surface area (Å²) in [5.41, 5.74) is 10.9. The smallest absolute Gasteiger partial charge is 0.0662 e. The molecule has 0 saturated carbocycles. The minimum atomic E-state index is 0.111. The third-order valence-electron chi connectivity index (χ3n) is 3.75. The lowest BCUT2D eigenvalue weighted by molar-refractivity contribution is 0.679. The number of benzene rings is 2. The van der Waals surface area contributed by atoms with E-state index in [1.165, 1.54) is 16.8 Å². The average Bonchev–Trinajstić information content (AvgIpc) is 2.43. The van der Waals surface area contributed by atoms with Gasteiger partial charge in [0, 0.05) is 23.8 Å². The van der Waals surface area contributed by atoms with Crippen LogP contribution in [0.25, 0.3) is 0 Å². The van der Waals surface area contributed by atoms with E-state index < -0.39 is 0 Å². The molecular weight excluding hydrogens is 348 g/mol. The molecule has 0 amide bonds. The number of hydrogen-bond acceptors (Lipinski definition) is 2. The Morgan fingerprint density at radius 3 is 2.48 bits per heavy atom. The van der Waals surface area contributed by atoms with Gasteiger partial charge < -0.3 is 10.6 Å². The molecule has 0 aliphatic rings. The molecule has 0 fully saturated rings. The molecule has 2 aromatic rings. The zero-order valence-corrected chi connectivity index (χ0v) is 14.9. The first-order chi connectivity index (χ1) is 9.93. The lowest BCUT2D eigenvalue weighted by Crippen LogP contribution is -2.30. The van der Waals surface area contributed by atoms with Gasteiger partial charge in [-0.2, -0.15) is 0 Å². The summed E-state index contributed by atoms with van der Waals surface area (Å²) in [6, 6.07) is 12.6. The van der Waals surface area contributed by atoms with E-state index in [4.69, 9.17) is 17.3 Å². The fourth-order valence-electron chi connectivity index (χ4n) is 2.61. The summed E-state index contributed by atoms with van der Waals surface area (Å²) < 4.78 is 0.897. The van der Waals surface area contributed by atoms with Crippen LogP contribution < -0.4 is 10.6 Å². The van der Waals surface area contributed by atoms with E-state index in [9.17, 15) is 0 Å². The summed E-state index contributed by atoms with van der Waals surface area (Å²) in [4.78, 5) is 2.23. The number of nitrogens with two attached hydrogens (primary N) is 1. The third-order valence-corrected chi connectivity index (χ3v) is 4.97. The van der Waals surface area contributed by atoms with E-state index in [0.29, 0.717) is 11.6 Å². The molecule has 0 aliphatic carbocycles. The molecule has 1 atom stereocenters. The van der Waals surface area contributed by atoms with Crippen LogP contribution in [0, 0.1) is 13.8 Å². The van der Waals surface area contributed by atoms with Gasteiger partial charge in [0.15, 0.2) is 0 Å². The first kappa shape index (κ1) is 16.3. The molecule has 112 valence electrons. The Kier molecular flexibility index (Phi) is 5.31. The van der Waals surface area contributed by atoms with Gasteiger partial charge in [-0.15, -0.1) is 0 Å². The van der Waals surface area contributed by atoms with Gasteiger partial charge in [-0.3, -0.25) is 0 Å². The number of aryl methyl sites for hydroxylation is 2. The van der Waals surface area contributed by atoms with E-state index in [0.717, 1.165) is 10.0 Å². The Morgan fingerprint density at radius 1 is 1.19 bits per heavy atom. The highest BCUT2D eigenvalue weighted by Gasteiger charge is 2.18. The van der Waals surface area contributed by atoms with Crippen molar-refractivity contribution in [1.29, 1.82) is 0 Å². The molecule has 2 nitrogen and oxygen atoms in total. The summed E-state index contributed by atoms with van der Waals surface area (Å²) >= 11 is 9.56. The van der Waals surface area contributed by atoms with Crippen molar-refractivity contribution in [2.24, 2.45) is 5.73 Å². The molecule has 1 unspecified atom stereocenters. The van der Waals surface area contributed by atoms with E-state index >= 15 is 0 Å². The fourth-order valence-corrected chi connectivity index (χ4v) is 3.12. The van der Waals surface area contributed by atoms with Crippen molar-refractivity contribution in [3.05, 3.63) is 62.6 Å². The van der Waals surface area contributed by atoms with Crippen molar-refractivity contribution in [2.45, 2.75) is 19.9 Å². The van der Waals surface area contributed by atoms with Crippen LogP contribution in [0.2, 0.25) is 5.02 Å². The Morgan fingerprint density at radius 2 is 1.90 bits per heavy atom. The van der Waals surface area contributed by atoms with Crippen LogP contribution in [-0.4, -0.2) is 13.6 Å². The van der Waals surface area contributed by atoms with Gasteiger partial charge in [0.2, 0.25) is 0 Å². The number of anilines is 1. The van der Waals surface area contributed by atoms with E-state index in [1.54, 1.807) is 0 Å². The maximum Gasteiger partial charge on any atom is 0.0662 e. The first-order valence-electron chi connectivity index (χ1n) is 6.89. The fraction of sp³-hybridized carbons (Fsp3) is 0.294. The van der Waals surface area contributed by atoms with Gasteiger partial charge >= 0.3 is 0 Å². The molecule has 0 aromatic heterocycles. The number of rotatable bonds is 4. The predicted octanol–water partition coefficient (Wildman–Crippen LogP) is 4.86. The molecule has 0 spiro atoms. The third kappa shape index (κ3) is 3.60. The standard InChI is InChI=1S/C17H20BrClN2/c1-11-4-7-16(12(2)8-11)21(3)17(10-20)13-5-6-15(19)14(18)9-13/h4-9,17H,10,20H2,1-3H3. The minimum absolute atomic E-state index is 0.111. The molecule has 0 bridgehead atoms. The molecule has 2 N–H and O–H groups in total. The molecule has 0 saturated heterocycles. The van der Waals surface area contributed by atoms with Crippen molar-refractivity contribution in [2.75, 3.05) is 18.5 Å². The summed E-state index contributed by atoms with van der Waals surface area (Å²) in [6.07, 6.45) is 0. The summed E-state index contributed by atoms with van der Waals surface area (Å²) in [7, 11) is 2.08. The molecule has 2 aromatic carbocycles. The summed E-state index contributed by atoms with van der Waals surface area (Å²) in [5, 5.41) is 0.712. The van der Waals surface area contributed by atoms with E-state index in [1.807, 2.05) is 18.2 Å². The SMILES string of the molecule is Cc1ccc(N(C)C(CN)c2ccc(Cl)c(Br)c2)c(C)c1. The largest absolute Gasteiger partial charge is 0.366 e. The normalized spacial score (nSPS) is 12.3. The number of likely N-dealkylation sites (N-methyl/N-ethyl adjacent to an activating group) is 1. The maximum atomic E-state index is 6.08. The quantitative estimate of drug-likeness (QED) is 0.836. The van der Waals surface area contributed by atoms with E-state index in [2.05, 4.69) is 59.9 Å². The lowest BCUT2D eigenvalue weighted by Gasteiger charge is -2.31. The van der Waals surface area contributed by atoms with Crippen LogP contribution in [-0.2, 0) is 0 Å². The first-order valence-corrected chi connectivity index (χ1v) is 8.06. The number of halogens is 2. The summed E-state index contributed by atoms with van der Waals surface area (Å²) in [6.45, 7) is 4.77. The average molecular weight is 368 g/mol. The van der Waals surface area contributed by atoms with Crippen LogP contribution in [0.5, 0.6) is 0 Å². The molecule has 0 aliphatic heterocycles. The van der Waals surface area contributed by atoms with Crippen molar-refractivity contribution < 1.29 is 0 Å². The second-order valence-electron chi connectivity index (χ2n) is 5.33. The Labute approximate surface area is 140 Å². The Hall–Kier alpha value is -1.03. The van der Waals surface area contributed by atoms with Gasteiger partial charge in [0.1, 0.15) is 0 Å². The van der Waals surface area contributed by atoms with Gasteiger partial charge in [0.05, 0.1) is 11.1 Å². The molecule has 2 rings (SSSR count). The minimum Gasteiger partial charge on any atom is -0.366 e. The van der Waals surface area contributed by atoms with Crippen molar-refractivity contribution in [1.82, 2.24) is 0 Å². The topological polar surface area (TPSA) is 29.3 Å². The Bertz CT molecular complexity index is 643. The maximum absolute atomic E-state index is 6.08. The van der Waals surface area contributed by atoms with Crippen LogP contribution in [0.15, 0.2) is 40.9 Å². The van der Waals surface area contributed by atoms with Gasteiger partial charge in [0.25, 0.3) is 0 Å². The zero-order valence-electron chi connectivity index (χ0n) is 12.5. The molecule has 0 radical (unpaired) electrons. The lowest BCUT2D eigenvalue weighted by atomic mass is 10.0. The summed E-state index contributed by atoms with van der Waals surface area (Å²) in [5.74, 6) is 0. The second kappa shape index (κ2) is 6.82. The van der Waals surface area contributed by atoms with Crippen molar-refractivity contribution in [3.63, 3.8) is 0 Å². The van der Waals surface area contributed by atoms with Crippen molar-refractivity contribution in [3.8, 4) is 0 Å². The van der Waals surface area contributed by atoms with E-state index in [-0.39, 0.29) is 6.04 Å². The molecule has 0 heterocycles. The number of nitrogens with zero attached hydrogens (tertiary/aromatic N) is 1. The van der Waals surface area contributed by atoms with Gasteiger partial charge in [-0.25, -0.2) is 0 Å². The zero-order chi connectivity index (χ0) is 15.6. The van der Waals surface area contributed by atoms with Crippen LogP contribution in [0.4, 0.5) is 5.69 Å². The molecular formula is C17H20BrClN2. The molecule has 21 heavy (non-hydrogen) atoms. The second-order valence-corrected chi connectivity index (χ2v) is 6.59. The predicted molar refractivity (Wildman–Crippen MR) is 95.3 cm³/mol. The van der Waals surface area contributed by atoms with Gasteiger partial charge in [-0.1, -0.05) is 35.4 Å². The Balaban J connectivity index is 2.37. The number of hydrogen-bond donors (Lipinski definition) is 1. The van der Waals surface area contributed by atoms with Crippen LogP contribution in [0.1, 0.15) is 22.7 Å². The monoisotopic (exact) mass is 366 g/mol. The molecule has 4 heteroatoms. The van der Waals surface area contributed by atoms with Crippen LogP contribution >= 0.6 is 27.5 Å². The van der Waals surface area contributed by atoms with Gasteiger partial charge in [-0.05, 0) is 59.1 Å². The van der Waals surface area contributed by atoms with Crippen molar-refractivity contribution >= 4 is 33.2 Å². The highest BCUT2D eigenvalue weighted by Crippen LogP contribution is 2.31. The highest BCUT2D eigenvalue weighted by atomic mass is 79.9.